The highest BCUT2D eigenvalue weighted by Gasteiger charge is 2.12. The zero-order valence-electron chi connectivity index (χ0n) is 15.7. The number of rotatable bonds is 17. The van der Waals surface area contributed by atoms with Crippen LogP contribution in [-0.2, 0) is 18.9 Å². The second-order valence-electron chi connectivity index (χ2n) is 6.43. The molecule has 0 radical (unpaired) electrons. The van der Waals surface area contributed by atoms with E-state index in [0.717, 1.165) is 32.5 Å². The Morgan fingerprint density at radius 1 is 0.667 bits per heavy atom. The summed E-state index contributed by atoms with van der Waals surface area (Å²) in [5.74, 6) is 0. The predicted octanol–water partition coefficient (Wildman–Crippen LogP) is 3.17. The molecular weight excluding hydrogens is 306 g/mol. The molecule has 0 unspecified atom stereocenters. The molecule has 1 saturated heterocycles. The van der Waals surface area contributed by atoms with Gasteiger partial charge in [-0.2, -0.15) is 0 Å². The molecule has 1 aliphatic heterocycles. The van der Waals surface area contributed by atoms with E-state index in [1.807, 2.05) is 0 Å². The summed E-state index contributed by atoms with van der Waals surface area (Å²) >= 11 is 0. The summed E-state index contributed by atoms with van der Waals surface area (Å²) in [5.41, 5.74) is 0. The first-order valence-corrected chi connectivity index (χ1v) is 9.99. The van der Waals surface area contributed by atoms with Crippen molar-refractivity contribution in [3.63, 3.8) is 0 Å². The Balaban J connectivity index is 1.66. The molecule has 0 spiro atoms. The van der Waals surface area contributed by atoms with Crippen LogP contribution in [0.1, 0.15) is 58.3 Å². The van der Waals surface area contributed by atoms with Crippen molar-refractivity contribution in [1.29, 1.82) is 0 Å². The van der Waals surface area contributed by atoms with Crippen LogP contribution in [0.5, 0.6) is 0 Å². The van der Waals surface area contributed by atoms with E-state index in [1.165, 1.54) is 38.5 Å². The Kier molecular flexibility index (Phi) is 16.0. The highest BCUT2D eigenvalue weighted by Crippen LogP contribution is 2.06. The van der Waals surface area contributed by atoms with Gasteiger partial charge in [0.1, 0.15) is 0 Å². The molecule has 1 heterocycles. The van der Waals surface area contributed by atoms with Crippen LogP contribution >= 0.6 is 0 Å². The molecule has 0 bridgehead atoms. The van der Waals surface area contributed by atoms with Crippen LogP contribution in [0, 0.1) is 0 Å². The summed E-state index contributed by atoms with van der Waals surface area (Å²) in [5, 5.41) is 3.33. The zero-order chi connectivity index (χ0) is 17.1. The average Bonchev–Trinajstić information content (AvgIpc) is 2.62. The molecule has 1 aliphatic rings. The molecule has 0 aromatic carbocycles. The van der Waals surface area contributed by atoms with E-state index in [0.29, 0.717) is 45.7 Å². The second-order valence-corrected chi connectivity index (χ2v) is 6.43. The van der Waals surface area contributed by atoms with E-state index in [-0.39, 0.29) is 0 Å². The summed E-state index contributed by atoms with van der Waals surface area (Å²) in [6.45, 7) is 9.20. The minimum absolute atomic E-state index is 0.412. The highest BCUT2D eigenvalue weighted by molar-refractivity contribution is 4.67. The summed E-state index contributed by atoms with van der Waals surface area (Å²) < 4.78 is 22.3. The van der Waals surface area contributed by atoms with E-state index >= 15 is 0 Å². The van der Waals surface area contributed by atoms with Crippen molar-refractivity contribution in [2.75, 3.05) is 59.3 Å². The normalized spacial score (nSPS) is 15.9. The van der Waals surface area contributed by atoms with Crippen molar-refractivity contribution in [1.82, 2.24) is 5.32 Å². The summed E-state index contributed by atoms with van der Waals surface area (Å²) in [4.78, 5) is 0. The molecule has 5 nitrogen and oxygen atoms in total. The summed E-state index contributed by atoms with van der Waals surface area (Å²) in [7, 11) is 0. The lowest BCUT2D eigenvalue weighted by Gasteiger charge is -2.22. The Hall–Kier alpha value is -0.200. The molecule has 0 aliphatic carbocycles. The fourth-order valence-electron chi connectivity index (χ4n) is 2.76. The molecule has 1 fully saturated rings. The van der Waals surface area contributed by atoms with Gasteiger partial charge in [-0.15, -0.1) is 0 Å². The van der Waals surface area contributed by atoms with Gasteiger partial charge in [0.05, 0.1) is 45.7 Å². The molecule has 1 N–H and O–H groups in total. The van der Waals surface area contributed by atoms with Gasteiger partial charge < -0.3 is 24.3 Å². The maximum atomic E-state index is 5.77. The molecule has 0 atom stereocenters. The molecule has 0 aromatic rings. The fraction of sp³-hybridized carbons (Fsp3) is 1.00. The fourth-order valence-corrected chi connectivity index (χ4v) is 2.76. The maximum Gasteiger partial charge on any atom is 0.0704 e. The number of piperidine rings is 1. The lowest BCUT2D eigenvalue weighted by molar-refractivity contribution is -0.0252. The van der Waals surface area contributed by atoms with Gasteiger partial charge in [-0.1, -0.05) is 39.0 Å². The Labute approximate surface area is 148 Å². The van der Waals surface area contributed by atoms with Crippen LogP contribution in [0.15, 0.2) is 0 Å². The molecule has 24 heavy (non-hydrogen) atoms. The average molecular weight is 346 g/mol. The van der Waals surface area contributed by atoms with E-state index < -0.39 is 0 Å². The van der Waals surface area contributed by atoms with Crippen LogP contribution in [0.2, 0.25) is 0 Å². The number of hydrogen-bond donors (Lipinski definition) is 1. The number of hydrogen-bond acceptors (Lipinski definition) is 5. The van der Waals surface area contributed by atoms with Crippen molar-refractivity contribution in [3.05, 3.63) is 0 Å². The van der Waals surface area contributed by atoms with Crippen LogP contribution in [0.25, 0.3) is 0 Å². The second kappa shape index (κ2) is 17.6. The smallest absolute Gasteiger partial charge is 0.0704 e. The molecule has 0 aromatic heterocycles. The van der Waals surface area contributed by atoms with Crippen LogP contribution < -0.4 is 5.32 Å². The van der Waals surface area contributed by atoms with Gasteiger partial charge in [0.2, 0.25) is 0 Å². The summed E-state index contributed by atoms with van der Waals surface area (Å²) in [6, 6.07) is 0. The quantitative estimate of drug-likeness (QED) is 0.410. The first-order chi connectivity index (χ1) is 11.9. The number of unbranched alkanes of at least 4 members (excludes halogenated alkanes) is 5. The van der Waals surface area contributed by atoms with Crippen LogP contribution in [0.4, 0.5) is 0 Å². The third-order valence-corrected chi connectivity index (χ3v) is 4.25. The van der Waals surface area contributed by atoms with E-state index in [9.17, 15) is 0 Å². The van der Waals surface area contributed by atoms with Crippen molar-refractivity contribution in [3.8, 4) is 0 Å². The van der Waals surface area contributed by atoms with Crippen molar-refractivity contribution in [2.24, 2.45) is 0 Å². The van der Waals surface area contributed by atoms with E-state index in [1.54, 1.807) is 0 Å². The number of ether oxygens (including phenoxy) is 4. The van der Waals surface area contributed by atoms with Gasteiger partial charge in [0, 0.05) is 6.61 Å². The Morgan fingerprint density at radius 3 is 1.88 bits per heavy atom. The third-order valence-electron chi connectivity index (χ3n) is 4.25. The molecule has 5 heteroatoms. The lowest BCUT2D eigenvalue weighted by atomic mass is 10.1. The van der Waals surface area contributed by atoms with Crippen molar-refractivity contribution >= 4 is 0 Å². The first-order valence-electron chi connectivity index (χ1n) is 9.99. The van der Waals surface area contributed by atoms with Gasteiger partial charge in [-0.05, 0) is 32.4 Å². The third kappa shape index (κ3) is 14.2. The predicted molar refractivity (Wildman–Crippen MR) is 97.7 cm³/mol. The minimum atomic E-state index is 0.412. The minimum Gasteiger partial charge on any atom is -0.379 e. The standard InChI is InChI=1S/C19H39NO4/c1-2-3-4-5-6-7-12-21-13-14-22-15-16-23-17-18-24-19-8-10-20-11-9-19/h19-20H,2-18H2,1H3. The largest absolute Gasteiger partial charge is 0.379 e. The van der Waals surface area contributed by atoms with Gasteiger partial charge in [-0.3, -0.25) is 0 Å². The molecule has 1 rings (SSSR count). The topological polar surface area (TPSA) is 49.0 Å². The first kappa shape index (κ1) is 21.8. The maximum absolute atomic E-state index is 5.77. The Morgan fingerprint density at radius 2 is 1.21 bits per heavy atom. The van der Waals surface area contributed by atoms with Gasteiger partial charge in [-0.25, -0.2) is 0 Å². The number of nitrogens with one attached hydrogen (secondary N) is 1. The monoisotopic (exact) mass is 345 g/mol. The SMILES string of the molecule is CCCCCCCCOCCOCCOCCOC1CCNCC1. The van der Waals surface area contributed by atoms with Crippen LogP contribution in [0.3, 0.4) is 0 Å². The molecule has 0 amide bonds. The highest BCUT2D eigenvalue weighted by atomic mass is 16.6. The van der Waals surface area contributed by atoms with E-state index in [4.69, 9.17) is 18.9 Å². The van der Waals surface area contributed by atoms with Crippen LogP contribution in [-0.4, -0.2) is 65.4 Å². The lowest BCUT2D eigenvalue weighted by Crippen LogP contribution is -2.33. The van der Waals surface area contributed by atoms with Gasteiger partial charge >= 0.3 is 0 Å². The van der Waals surface area contributed by atoms with E-state index in [2.05, 4.69) is 12.2 Å². The molecule has 144 valence electrons. The van der Waals surface area contributed by atoms with Gasteiger partial charge in [0.15, 0.2) is 0 Å². The molecule has 0 saturated carbocycles. The molecular formula is C19H39NO4. The Bertz CT molecular complexity index is 248. The van der Waals surface area contributed by atoms with Crippen molar-refractivity contribution in [2.45, 2.75) is 64.4 Å². The zero-order valence-corrected chi connectivity index (χ0v) is 15.7. The summed E-state index contributed by atoms with van der Waals surface area (Å²) in [6.07, 6.45) is 10.5. The van der Waals surface area contributed by atoms with Crippen molar-refractivity contribution < 1.29 is 18.9 Å². The van der Waals surface area contributed by atoms with Gasteiger partial charge in [0.25, 0.3) is 0 Å².